The van der Waals surface area contributed by atoms with Gasteiger partial charge in [0.2, 0.25) is 17.8 Å². The van der Waals surface area contributed by atoms with Crippen LogP contribution in [0.25, 0.3) is 5.52 Å². The molecule has 0 aliphatic carbocycles. The molecule has 1 aliphatic heterocycles. The molecule has 0 saturated carbocycles. The van der Waals surface area contributed by atoms with Crippen LogP contribution >= 0.6 is 11.3 Å². The van der Waals surface area contributed by atoms with Gasteiger partial charge in [-0.25, -0.2) is 14.5 Å². The Balaban J connectivity index is 1.47. The summed E-state index contributed by atoms with van der Waals surface area (Å²) in [6.07, 6.45) is 5.79. The molecule has 5 heterocycles. The monoisotopic (exact) mass is 481 g/mol. The van der Waals surface area contributed by atoms with Gasteiger partial charge in [-0.15, -0.1) is 5.10 Å². The van der Waals surface area contributed by atoms with Gasteiger partial charge >= 0.3 is 0 Å². The van der Waals surface area contributed by atoms with E-state index in [0.29, 0.717) is 45.9 Å². The number of hydrogen-bond acceptors (Lipinski definition) is 9. The van der Waals surface area contributed by atoms with E-state index in [1.54, 1.807) is 10.7 Å². The molecule has 1 saturated heterocycles. The minimum Gasteiger partial charge on any atom is -0.365 e. The number of thiazole rings is 1. The Bertz CT molecular complexity index is 1390. The number of nitrogens with two attached hydrogens (primary N) is 1. The van der Waals surface area contributed by atoms with Crippen LogP contribution in [0.5, 0.6) is 0 Å². The fourth-order valence-electron chi connectivity index (χ4n) is 3.91. The number of nitrogens with one attached hydrogen (secondary N) is 2. The first-order valence-electron chi connectivity index (χ1n) is 10.4. The lowest BCUT2D eigenvalue weighted by molar-refractivity contribution is -0.120. The molecule has 1 atom stereocenters. The summed E-state index contributed by atoms with van der Waals surface area (Å²) in [5.74, 6) is -0.626. The lowest BCUT2D eigenvalue weighted by Gasteiger charge is -2.34. The summed E-state index contributed by atoms with van der Waals surface area (Å²) in [5.41, 5.74) is 5.49. The fraction of sp³-hybridized carbons (Fsp3) is 0.238. The Morgan fingerprint density at radius 2 is 2.09 bits per heavy atom. The first kappa shape index (κ1) is 21.7. The number of carbonyl (C=O) groups is 2. The van der Waals surface area contributed by atoms with E-state index in [9.17, 15) is 14.0 Å². The van der Waals surface area contributed by atoms with Crippen LogP contribution < -0.4 is 21.3 Å². The summed E-state index contributed by atoms with van der Waals surface area (Å²) in [7, 11) is 0. The van der Waals surface area contributed by atoms with E-state index >= 15 is 0 Å². The third-order valence-corrected chi connectivity index (χ3v) is 6.64. The van der Waals surface area contributed by atoms with Crippen molar-refractivity contribution in [3.05, 3.63) is 53.7 Å². The van der Waals surface area contributed by atoms with E-state index in [4.69, 9.17) is 10.7 Å². The quantitative estimate of drug-likeness (QED) is 0.357. The molecule has 0 unspecified atom stereocenters. The van der Waals surface area contributed by atoms with Crippen LogP contribution in [0, 0.1) is 5.95 Å². The number of nitrogens with zero attached hydrogens (tertiary/aromatic N) is 6. The molecule has 0 radical (unpaired) electrons. The Kier molecular flexibility index (Phi) is 5.32. The highest BCUT2D eigenvalue weighted by Crippen LogP contribution is 2.35. The van der Waals surface area contributed by atoms with Crippen LogP contribution in [0.2, 0.25) is 0 Å². The summed E-state index contributed by atoms with van der Waals surface area (Å²) in [4.78, 5) is 39.3. The molecule has 5 rings (SSSR count). The van der Waals surface area contributed by atoms with Crippen LogP contribution in [-0.4, -0.2) is 48.5 Å². The molecule has 0 bridgehead atoms. The minimum absolute atomic E-state index is 0.268. The zero-order valence-electron chi connectivity index (χ0n) is 18.0. The van der Waals surface area contributed by atoms with Crippen molar-refractivity contribution in [1.82, 2.24) is 24.6 Å². The second-order valence-corrected chi connectivity index (χ2v) is 9.00. The second kappa shape index (κ2) is 8.33. The maximum Gasteiger partial charge on any atom is 0.260 e. The van der Waals surface area contributed by atoms with E-state index < -0.39 is 17.4 Å². The van der Waals surface area contributed by atoms with E-state index in [0.717, 1.165) is 17.8 Å². The number of hydrogen-bond donors (Lipinski definition) is 3. The van der Waals surface area contributed by atoms with Gasteiger partial charge in [0.1, 0.15) is 15.9 Å². The number of carbonyl (C=O) groups excluding carboxylic acids is 2. The number of aromatic nitrogens is 5. The first-order chi connectivity index (χ1) is 16.3. The van der Waals surface area contributed by atoms with Gasteiger partial charge < -0.3 is 21.3 Å². The normalized spacial score (nSPS) is 17.8. The Hall–Kier alpha value is -4.13. The van der Waals surface area contributed by atoms with Crippen molar-refractivity contribution in [3.63, 3.8) is 0 Å². The number of rotatable bonds is 6. The number of fused-ring (bicyclic) bond motifs is 1. The molecule has 2 amide bonds. The third-order valence-electron chi connectivity index (χ3n) is 5.71. The molecule has 4 aromatic heterocycles. The molecule has 0 aromatic carbocycles. The number of primary amides is 1. The van der Waals surface area contributed by atoms with Crippen molar-refractivity contribution in [2.24, 2.45) is 5.73 Å². The fourth-order valence-corrected chi connectivity index (χ4v) is 4.58. The average molecular weight is 482 g/mol. The Morgan fingerprint density at radius 3 is 2.82 bits per heavy atom. The van der Waals surface area contributed by atoms with E-state index in [1.165, 1.54) is 24.5 Å². The van der Waals surface area contributed by atoms with Crippen molar-refractivity contribution in [2.75, 3.05) is 22.1 Å². The molecule has 13 heteroatoms. The first-order valence-corrected chi connectivity index (χ1v) is 11.2. The summed E-state index contributed by atoms with van der Waals surface area (Å²) in [5, 5.41) is 11.0. The topological polar surface area (TPSA) is 143 Å². The minimum atomic E-state index is -0.938. The van der Waals surface area contributed by atoms with E-state index in [1.807, 2.05) is 24.0 Å². The summed E-state index contributed by atoms with van der Waals surface area (Å²) >= 11 is 1.12. The maximum absolute atomic E-state index is 13.3. The van der Waals surface area contributed by atoms with Gasteiger partial charge in [-0.2, -0.15) is 9.37 Å². The maximum atomic E-state index is 13.3. The standard InChI is InChI=1S/C21H20FN9O2S/c1-21(18(33)26-12-5-6-15(22)24-10-12)7-3-8-30(21)19-27-17(13-4-2-9-31(13)29-19)28-20-25-11-14(34-20)16(23)32/h2,4-6,9-11H,3,7-8H2,1H3,(H2,23,32)(H,26,33)(H,25,27,28,29)/t21-/m0/s1. The van der Waals surface area contributed by atoms with Gasteiger partial charge in [-0.3, -0.25) is 9.59 Å². The SMILES string of the molecule is C[C@@]1(C(=O)Nc2ccc(F)nc2)CCCN1c1nc(Nc2ncc(C(N)=O)s2)c2cccn2n1. The van der Waals surface area contributed by atoms with Crippen molar-refractivity contribution < 1.29 is 14.0 Å². The lowest BCUT2D eigenvalue weighted by Crippen LogP contribution is -2.51. The van der Waals surface area contributed by atoms with E-state index in [-0.39, 0.29) is 5.91 Å². The molecular formula is C21H20FN9O2S. The van der Waals surface area contributed by atoms with Crippen molar-refractivity contribution >= 4 is 51.3 Å². The van der Waals surface area contributed by atoms with Crippen molar-refractivity contribution in [1.29, 1.82) is 0 Å². The Labute approximate surface area is 196 Å². The van der Waals surface area contributed by atoms with Gasteiger partial charge in [-0.05, 0) is 44.0 Å². The molecule has 4 aromatic rings. The molecule has 34 heavy (non-hydrogen) atoms. The molecule has 1 aliphatic rings. The van der Waals surface area contributed by atoms with Gasteiger partial charge in [-0.1, -0.05) is 11.3 Å². The predicted octanol–water partition coefficient (Wildman–Crippen LogP) is 2.56. The molecular weight excluding hydrogens is 461 g/mol. The van der Waals surface area contributed by atoms with Crippen LogP contribution in [0.4, 0.5) is 27.0 Å². The molecule has 11 nitrogen and oxygen atoms in total. The predicted molar refractivity (Wildman–Crippen MR) is 125 cm³/mol. The molecule has 174 valence electrons. The zero-order valence-corrected chi connectivity index (χ0v) is 18.8. The van der Waals surface area contributed by atoms with Crippen LogP contribution in [0.1, 0.15) is 29.4 Å². The van der Waals surface area contributed by atoms with Gasteiger partial charge in [0.25, 0.3) is 5.91 Å². The van der Waals surface area contributed by atoms with Gasteiger partial charge in [0.05, 0.1) is 18.1 Å². The number of pyridine rings is 1. The zero-order chi connectivity index (χ0) is 23.9. The lowest BCUT2D eigenvalue weighted by atomic mass is 9.97. The highest BCUT2D eigenvalue weighted by Gasteiger charge is 2.45. The largest absolute Gasteiger partial charge is 0.365 e. The summed E-state index contributed by atoms with van der Waals surface area (Å²) in [6.45, 7) is 2.39. The number of halogens is 1. The highest BCUT2D eigenvalue weighted by atomic mass is 32.1. The summed E-state index contributed by atoms with van der Waals surface area (Å²) in [6, 6.07) is 6.31. The number of amides is 2. The Morgan fingerprint density at radius 1 is 1.24 bits per heavy atom. The molecule has 0 spiro atoms. The van der Waals surface area contributed by atoms with Crippen molar-refractivity contribution in [2.45, 2.75) is 25.3 Å². The van der Waals surface area contributed by atoms with Crippen molar-refractivity contribution in [3.8, 4) is 0 Å². The highest BCUT2D eigenvalue weighted by molar-refractivity contribution is 7.17. The molecule has 1 fully saturated rings. The average Bonchev–Trinajstić information content (AvgIpc) is 3.55. The van der Waals surface area contributed by atoms with Gasteiger partial charge in [0, 0.05) is 12.7 Å². The third kappa shape index (κ3) is 3.90. The van der Waals surface area contributed by atoms with Crippen LogP contribution in [0.15, 0.2) is 42.9 Å². The second-order valence-electron chi connectivity index (χ2n) is 7.97. The molecule has 4 N–H and O–H groups in total. The van der Waals surface area contributed by atoms with Crippen LogP contribution in [0.3, 0.4) is 0 Å². The van der Waals surface area contributed by atoms with Crippen LogP contribution in [-0.2, 0) is 4.79 Å². The summed E-state index contributed by atoms with van der Waals surface area (Å²) < 4.78 is 14.8. The van der Waals surface area contributed by atoms with Gasteiger partial charge in [0.15, 0.2) is 10.9 Å². The smallest absolute Gasteiger partial charge is 0.260 e. The van der Waals surface area contributed by atoms with E-state index in [2.05, 4.69) is 25.7 Å². The number of anilines is 4.